The number of hydrogen-bond acceptors (Lipinski definition) is 15. The number of carboxylic acids is 3. The number of hydrogen-bond donors (Lipinski definition) is 7. The van der Waals surface area contributed by atoms with E-state index in [4.69, 9.17) is 24.1 Å². The molecule has 1 saturated carbocycles. The number of nitrogens with one attached hydrogen (secondary N) is 4. The van der Waals surface area contributed by atoms with Gasteiger partial charge in [-0.15, -0.1) is 0 Å². The topological polar surface area (TPSA) is 316 Å². The van der Waals surface area contributed by atoms with Gasteiger partial charge in [0.25, 0.3) is 0 Å². The van der Waals surface area contributed by atoms with E-state index in [0.29, 0.717) is 82.3 Å². The molecule has 0 aromatic carbocycles. The van der Waals surface area contributed by atoms with Crippen LogP contribution in [0.3, 0.4) is 0 Å². The van der Waals surface area contributed by atoms with Crippen molar-refractivity contribution in [2.24, 2.45) is 17.8 Å². The summed E-state index contributed by atoms with van der Waals surface area (Å²) in [5.41, 5.74) is 0.842. The molecule has 7 N–H and O–H groups in total. The van der Waals surface area contributed by atoms with Crippen LogP contribution in [0.15, 0.2) is 12.5 Å². The Balaban J connectivity index is 1.35. The van der Waals surface area contributed by atoms with Gasteiger partial charge in [0.15, 0.2) is 5.78 Å². The summed E-state index contributed by atoms with van der Waals surface area (Å²) in [7, 11) is 0. The summed E-state index contributed by atoms with van der Waals surface area (Å²) in [6.45, 7) is 1.40. The van der Waals surface area contributed by atoms with Crippen molar-refractivity contribution in [3.8, 4) is 0 Å². The number of aliphatic carboxylic acids is 3. The zero-order valence-electron chi connectivity index (χ0n) is 49.4. The summed E-state index contributed by atoms with van der Waals surface area (Å²) in [6.07, 6.45) is 30.9. The molecular formula is C61H103N5O16. The fourth-order valence-corrected chi connectivity index (χ4v) is 10.1. The van der Waals surface area contributed by atoms with Gasteiger partial charge in [-0.1, -0.05) is 103 Å². The van der Waals surface area contributed by atoms with Crippen molar-refractivity contribution in [2.45, 2.75) is 224 Å². The molecule has 0 unspecified atom stereocenters. The van der Waals surface area contributed by atoms with E-state index in [0.717, 1.165) is 57.1 Å². The van der Waals surface area contributed by atoms with Crippen molar-refractivity contribution < 1.29 is 77.4 Å². The zero-order chi connectivity index (χ0) is 59.7. The SMILES string of the molecule is O=C(O)CCCCCCCCCCCCCCCCCCC(=O)CCC1CCC(C(=O)C[C@@H](CCC(=O)NCCOCCOCC(=O)NCCOCCOCC(=O)CCCCC[C@H](NCC(=O)CCc2cnc[nH]2)C(=O)O)C(=O)O)CC1. The molecule has 1 aromatic heterocycles. The number of Topliss-reactive ketones (excluding diaryl/α,β-unsaturated/α-hetero) is 4. The second-order valence-corrected chi connectivity index (χ2v) is 22.1. The summed E-state index contributed by atoms with van der Waals surface area (Å²) >= 11 is 0. The van der Waals surface area contributed by atoms with Gasteiger partial charge in [0.2, 0.25) is 11.8 Å². The Kier molecular flexibility index (Phi) is 44.1. The Hall–Kier alpha value is -4.96. The molecule has 2 atom stereocenters. The lowest BCUT2D eigenvalue weighted by Gasteiger charge is -2.28. The van der Waals surface area contributed by atoms with Crippen LogP contribution < -0.4 is 16.0 Å². The predicted octanol–water partition coefficient (Wildman–Crippen LogP) is 8.47. The number of unbranched alkanes of at least 4 members (excludes halogenated alkanes) is 17. The van der Waals surface area contributed by atoms with Crippen LogP contribution in [0.2, 0.25) is 0 Å². The van der Waals surface area contributed by atoms with Crippen LogP contribution >= 0.6 is 0 Å². The van der Waals surface area contributed by atoms with E-state index in [-0.39, 0.29) is 133 Å². The van der Waals surface area contributed by atoms with Crippen LogP contribution in [0.4, 0.5) is 0 Å². The molecule has 1 heterocycles. The van der Waals surface area contributed by atoms with E-state index in [1.807, 2.05) is 0 Å². The molecule has 1 aliphatic carbocycles. The summed E-state index contributed by atoms with van der Waals surface area (Å²) in [4.78, 5) is 116. The standard InChI is InChI=1S/C61H103N5O16/c67-52(20-16-13-11-9-7-5-3-1-2-4-6-8-10-12-14-19-23-59(73)74)31-26-48-24-27-49(28-25-48)56(70)42-50(60(75)76)29-33-57(71)63-34-36-79-39-41-82-46-58(72)64-35-37-80-38-40-81-45-54(69)21-17-15-18-22-55(61(77)78)65-44-53(68)32-30-51-43-62-47-66-51/h43,47-50,55,65H,1-42,44-46H2,(H,62,66)(H,63,71)(H,64,72)(H,73,74)(H,75,76)(H,77,78)/t48?,49?,50-,55+/m1/s1. The summed E-state index contributed by atoms with van der Waals surface area (Å²) in [6, 6.07) is -0.837. The number of aromatic amines is 1. The summed E-state index contributed by atoms with van der Waals surface area (Å²) in [5, 5.41) is 36.2. The molecular weight excluding hydrogens is 1060 g/mol. The number of aryl methyl sites for hydroxylation is 1. The highest BCUT2D eigenvalue weighted by molar-refractivity contribution is 5.86. The monoisotopic (exact) mass is 1160 g/mol. The van der Waals surface area contributed by atoms with E-state index >= 15 is 0 Å². The fourth-order valence-electron chi connectivity index (χ4n) is 10.1. The number of carbonyl (C=O) groups excluding carboxylic acids is 6. The maximum Gasteiger partial charge on any atom is 0.320 e. The number of ether oxygens (including phenoxy) is 4. The zero-order valence-corrected chi connectivity index (χ0v) is 49.4. The molecule has 0 bridgehead atoms. The highest BCUT2D eigenvalue weighted by Crippen LogP contribution is 2.34. The molecule has 21 heteroatoms. The maximum atomic E-state index is 13.1. The minimum atomic E-state index is -1.09. The van der Waals surface area contributed by atoms with Crippen LogP contribution in [0, 0.1) is 17.8 Å². The summed E-state index contributed by atoms with van der Waals surface area (Å²) < 4.78 is 21.6. The van der Waals surface area contributed by atoms with Gasteiger partial charge in [-0.05, 0) is 76.5 Å². The predicted molar refractivity (Wildman–Crippen MR) is 309 cm³/mol. The van der Waals surface area contributed by atoms with Crippen molar-refractivity contribution in [3.05, 3.63) is 18.2 Å². The van der Waals surface area contributed by atoms with Gasteiger partial charge < -0.3 is 49.9 Å². The smallest absolute Gasteiger partial charge is 0.320 e. The first-order valence-electron chi connectivity index (χ1n) is 31.0. The van der Waals surface area contributed by atoms with Gasteiger partial charge in [0.05, 0.1) is 58.4 Å². The van der Waals surface area contributed by atoms with E-state index < -0.39 is 29.9 Å². The lowest BCUT2D eigenvalue weighted by atomic mass is 9.76. The minimum absolute atomic E-state index is 0.0255. The van der Waals surface area contributed by atoms with Gasteiger partial charge in [-0.2, -0.15) is 0 Å². The molecule has 0 aliphatic heterocycles. The van der Waals surface area contributed by atoms with Crippen LogP contribution in [0.1, 0.15) is 218 Å². The normalized spacial score (nSPS) is 14.9. The van der Waals surface area contributed by atoms with Crippen molar-refractivity contribution in [1.82, 2.24) is 25.9 Å². The number of imidazole rings is 1. The number of aromatic nitrogens is 2. The van der Waals surface area contributed by atoms with E-state index in [1.54, 1.807) is 6.20 Å². The van der Waals surface area contributed by atoms with Crippen LogP contribution in [0.5, 0.6) is 0 Å². The third-order valence-corrected chi connectivity index (χ3v) is 15.1. The molecule has 1 aromatic rings. The molecule has 82 heavy (non-hydrogen) atoms. The first-order chi connectivity index (χ1) is 39.7. The highest BCUT2D eigenvalue weighted by Gasteiger charge is 2.30. The number of amides is 2. The minimum Gasteiger partial charge on any atom is -0.481 e. The second kappa shape index (κ2) is 49.5. The first-order valence-corrected chi connectivity index (χ1v) is 31.0. The van der Waals surface area contributed by atoms with Gasteiger partial charge in [-0.25, -0.2) is 4.98 Å². The molecule has 21 nitrogen and oxygen atoms in total. The third kappa shape index (κ3) is 41.9. The number of carbonyl (C=O) groups is 9. The Bertz CT molecular complexity index is 1910. The second-order valence-electron chi connectivity index (χ2n) is 22.1. The van der Waals surface area contributed by atoms with E-state index in [9.17, 15) is 53.4 Å². The Morgan fingerprint density at radius 2 is 1.05 bits per heavy atom. The average Bonchev–Trinajstić information content (AvgIpc) is 4.00. The Morgan fingerprint density at radius 3 is 1.60 bits per heavy atom. The lowest BCUT2D eigenvalue weighted by molar-refractivity contribution is -0.145. The number of ketones is 4. The van der Waals surface area contributed by atoms with Gasteiger partial charge in [0, 0.05) is 75.8 Å². The molecule has 468 valence electrons. The van der Waals surface area contributed by atoms with Crippen molar-refractivity contribution in [1.29, 1.82) is 0 Å². The van der Waals surface area contributed by atoms with Crippen molar-refractivity contribution >= 4 is 52.9 Å². The van der Waals surface area contributed by atoms with E-state index in [1.165, 1.54) is 77.0 Å². The largest absolute Gasteiger partial charge is 0.481 e. The van der Waals surface area contributed by atoms with Crippen molar-refractivity contribution in [3.63, 3.8) is 0 Å². The highest BCUT2D eigenvalue weighted by atomic mass is 16.5. The van der Waals surface area contributed by atoms with Crippen LogP contribution in [-0.2, 0) is 68.5 Å². The Morgan fingerprint density at radius 1 is 0.524 bits per heavy atom. The number of rotatable bonds is 58. The Labute approximate surface area is 487 Å². The van der Waals surface area contributed by atoms with E-state index in [2.05, 4.69) is 25.9 Å². The molecule has 0 spiro atoms. The van der Waals surface area contributed by atoms with Crippen molar-refractivity contribution in [2.75, 3.05) is 72.5 Å². The number of carboxylic acid groups (broad SMARTS) is 3. The third-order valence-electron chi connectivity index (χ3n) is 15.1. The first kappa shape index (κ1) is 73.1. The quantitative estimate of drug-likeness (QED) is 0.0301. The summed E-state index contributed by atoms with van der Waals surface area (Å²) in [5.74, 6) is -4.07. The number of H-pyrrole nitrogens is 1. The van der Waals surface area contributed by atoms with Gasteiger partial charge >= 0.3 is 17.9 Å². The number of nitrogens with zero attached hydrogens (tertiary/aromatic N) is 1. The molecule has 0 saturated heterocycles. The average molecular weight is 1160 g/mol. The molecule has 2 rings (SSSR count). The molecule has 0 radical (unpaired) electrons. The fraction of sp³-hybridized carbons (Fsp3) is 0.803. The molecule has 1 fully saturated rings. The van der Waals surface area contributed by atoms with Crippen LogP contribution in [-0.4, -0.2) is 157 Å². The van der Waals surface area contributed by atoms with Gasteiger partial charge in [-0.3, -0.25) is 48.5 Å². The molecule has 1 aliphatic rings. The lowest BCUT2D eigenvalue weighted by Crippen LogP contribution is -2.39. The van der Waals surface area contributed by atoms with Gasteiger partial charge in [0.1, 0.15) is 36.6 Å². The van der Waals surface area contributed by atoms with Crippen LogP contribution in [0.25, 0.3) is 0 Å². The maximum absolute atomic E-state index is 13.1. The molecule has 2 amide bonds.